The molecule has 0 radical (unpaired) electrons. The second-order valence-electron chi connectivity index (χ2n) is 6.72. The van der Waals surface area contributed by atoms with E-state index in [-0.39, 0.29) is 5.91 Å². The van der Waals surface area contributed by atoms with Crippen molar-refractivity contribution in [1.82, 2.24) is 10.6 Å². The maximum absolute atomic E-state index is 11.8. The number of methoxy groups -OCH3 is 1. The van der Waals surface area contributed by atoms with E-state index in [0.29, 0.717) is 13.0 Å². The third kappa shape index (κ3) is 8.25. The average Bonchev–Trinajstić information content (AvgIpc) is 2.73. The lowest BCUT2D eigenvalue weighted by molar-refractivity contribution is -0.116. The molecule has 0 saturated heterocycles. The van der Waals surface area contributed by atoms with Gasteiger partial charge in [-0.2, -0.15) is 0 Å². The highest BCUT2D eigenvalue weighted by Crippen LogP contribution is 2.13. The number of nitrogens with one attached hydrogen (secondary N) is 3. The molecule has 6 heteroatoms. The van der Waals surface area contributed by atoms with Crippen molar-refractivity contribution in [1.29, 1.82) is 0 Å². The van der Waals surface area contributed by atoms with Crippen molar-refractivity contribution in [2.45, 2.75) is 39.7 Å². The zero-order valence-corrected chi connectivity index (χ0v) is 17.6. The van der Waals surface area contributed by atoms with E-state index in [4.69, 9.17) is 4.74 Å². The van der Waals surface area contributed by atoms with Crippen molar-refractivity contribution in [2.24, 2.45) is 4.99 Å². The van der Waals surface area contributed by atoms with E-state index < -0.39 is 0 Å². The fraction of sp³-hybridized carbons (Fsp3) is 0.391. The normalized spacial score (nSPS) is 11.1. The summed E-state index contributed by atoms with van der Waals surface area (Å²) < 4.78 is 5.19. The molecule has 3 N–H and O–H groups in total. The monoisotopic (exact) mass is 396 g/mol. The summed E-state index contributed by atoms with van der Waals surface area (Å²) in [6, 6.07) is 15.9. The van der Waals surface area contributed by atoms with Gasteiger partial charge in [0.05, 0.1) is 13.7 Å². The fourth-order valence-corrected chi connectivity index (χ4v) is 2.83. The van der Waals surface area contributed by atoms with Crippen molar-refractivity contribution in [2.75, 3.05) is 25.5 Å². The molecule has 156 valence electrons. The quantitative estimate of drug-likeness (QED) is 0.423. The molecule has 0 heterocycles. The van der Waals surface area contributed by atoms with Gasteiger partial charge in [-0.15, -0.1) is 0 Å². The summed E-state index contributed by atoms with van der Waals surface area (Å²) in [5, 5.41) is 9.57. The van der Waals surface area contributed by atoms with Crippen LogP contribution in [0.2, 0.25) is 0 Å². The van der Waals surface area contributed by atoms with Crippen molar-refractivity contribution in [3.63, 3.8) is 0 Å². The van der Waals surface area contributed by atoms with Crippen LogP contribution in [-0.2, 0) is 17.8 Å². The summed E-state index contributed by atoms with van der Waals surface area (Å²) in [5.41, 5.74) is 3.10. The SMILES string of the molecule is CCCC(=O)Nc1cccc(CN=C(NCC)NCCc2ccc(OC)cc2)c1. The molecule has 1 amide bonds. The van der Waals surface area contributed by atoms with Gasteiger partial charge in [0.15, 0.2) is 5.96 Å². The smallest absolute Gasteiger partial charge is 0.224 e. The van der Waals surface area contributed by atoms with Gasteiger partial charge in [-0.1, -0.05) is 31.2 Å². The van der Waals surface area contributed by atoms with Crippen molar-refractivity contribution in [3.05, 3.63) is 59.7 Å². The van der Waals surface area contributed by atoms with Crippen LogP contribution in [0.1, 0.15) is 37.8 Å². The van der Waals surface area contributed by atoms with Gasteiger partial charge in [0.1, 0.15) is 5.75 Å². The predicted molar refractivity (Wildman–Crippen MR) is 119 cm³/mol. The molecule has 29 heavy (non-hydrogen) atoms. The van der Waals surface area contributed by atoms with E-state index in [0.717, 1.165) is 48.9 Å². The van der Waals surface area contributed by atoms with Gasteiger partial charge < -0.3 is 20.7 Å². The molecule has 0 aliphatic carbocycles. The van der Waals surface area contributed by atoms with Gasteiger partial charge in [-0.3, -0.25) is 4.79 Å². The van der Waals surface area contributed by atoms with Crippen LogP contribution in [0.3, 0.4) is 0 Å². The summed E-state index contributed by atoms with van der Waals surface area (Å²) in [6.07, 6.45) is 2.27. The second kappa shape index (κ2) is 12.4. The number of guanidine groups is 1. The molecule has 0 saturated carbocycles. The maximum atomic E-state index is 11.8. The van der Waals surface area contributed by atoms with Crippen LogP contribution >= 0.6 is 0 Å². The average molecular weight is 397 g/mol. The minimum atomic E-state index is 0.0432. The molecule has 0 unspecified atom stereocenters. The molecule has 2 aromatic rings. The van der Waals surface area contributed by atoms with Crippen LogP contribution in [0.5, 0.6) is 5.75 Å². The summed E-state index contributed by atoms with van der Waals surface area (Å²) in [7, 11) is 1.67. The largest absolute Gasteiger partial charge is 0.497 e. The van der Waals surface area contributed by atoms with E-state index >= 15 is 0 Å². The lowest BCUT2D eigenvalue weighted by Crippen LogP contribution is -2.38. The second-order valence-corrected chi connectivity index (χ2v) is 6.72. The Balaban J connectivity index is 1.89. The third-order valence-electron chi connectivity index (χ3n) is 4.32. The Kier molecular flexibility index (Phi) is 9.55. The minimum Gasteiger partial charge on any atom is -0.497 e. The van der Waals surface area contributed by atoms with Gasteiger partial charge >= 0.3 is 0 Å². The Morgan fingerprint density at radius 1 is 1.03 bits per heavy atom. The number of carbonyl (C=O) groups excluding carboxylic acids is 1. The fourth-order valence-electron chi connectivity index (χ4n) is 2.83. The summed E-state index contributed by atoms with van der Waals surface area (Å²) in [5.74, 6) is 1.69. The number of aliphatic imine (C=N–C) groups is 1. The highest BCUT2D eigenvalue weighted by molar-refractivity contribution is 5.90. The van der Waals surface area contributed by atoms with Crippen LogP contribution in [0, 0.1) is 0 Å². The number of nitrogens with zero attached hydrogens (tertiary/aromatic N) is 1. The Morgan fingerprint density at radius 2 is 1.83 bits per heavy atom. The van der Waals surface area contributed by atoms with E-state index in [1.165, 1.54) is 5.56 Å². The summed E-state index contributed by atoms with van der Waals surface area (Å²) in [6.45, 7) is 6.15. The van der Waals surface area contributed by atoms with E-state index in [1.54, 1.807) is 7.11 Å². The zero-order valence-electron chi connectivity index (χ0n) is 17.6. The third-order valence-corrected chi connectivity index (χ3v) is 4.32. The van der Waals surface area contributed by atoms with Crippen LogP contribution in [0.4, 0.5) is 5.69 Å². The highest BCUT2D eigenvalue weighted by Gasteiger charge is 2.03. The number of benzene rings is 2. The molecule has 2 rings (SSSR count). The minimum absolute atomic E-state index is 0.0432. The van der Waals surface area contributed by atoms with E-state index in [1.807, 2.05) is 50.2 Å². The molecule has 6 nitrogen and oxygen atoms in total. The highest BCUT2D eigenvalue weighted by atomic mass is 16.5. The number of anilines is 1. The number of ether oxygens (including phenoxy) is 1. The molecular formula is C23H32N4O2. The lowest BCUT2D eigenvalue weighted by Gasteiger charge is -2.12. The van der Waals surface area contributed by atoms with Gasteiger partial charge in [0.2, 0.25) is 5.91 Å². The van der Waals surface area contributed by atoms with Crippen LogP contribution in [0.25, 0.3) is 0 Å². The topological polar surface area (TPSA) is 74.8 Å². The molecule has 0 spiro atoms. The Bertz CT molecular complexity index is 788. The van der Waals surface area contributed by atoms with E-state index in [2.05, 4.69) is 33.1 Å². The van der Waals surface area contributed by atoms with Crippen LogP contribution in [-0.4, -0.2) is 32.1 Å². The molecule has 2 aromatic carbocycles. The van der Waals surface area contributed by atoms with Gasteiger partial charge in [-0.25, -0.2) is 4.99 Å². The standard InChI is InChI=1S/C23H32N4O2/c1-4-7-22(28)27-20-9-6-8-19(16-20)17-26-23(24-5-2)25-15-14-18-10-12-21(29-3)13-11-18/h6,8-13,16H,4-5,7,14-15,17H2,1-3H3,(H,27,28)(H2,24,25,26). The zero-order chi connectivity index (χ0) is 20.9. The first-order valence-electron chi connectivity index (χ1n) is 10.2. The first-order chi connectivity index (χ1) is 14.1. The molecule has 0 aromatic heterocycles. The number of hydrogen-bond acceptors (Lipinski definition) is 3. The van der Waals surface area contributed by atoms with Gasteiger partial charge in [0.25, 0.3) is 0 Å². The van der Waals surface area contributed by atoms with Crippen molar-refractivity contribution >= 4 is 17.6 Å². The van der Waals surface area contributed by atoms with Crippen molar-refractivity contribution < 1.29 is 9.53 Å². The molecule has 0 aliphatic heterocycles. The molecular weight excluding hydrogens is 364 g/mol. The Labute approximate surface area is 173 Å². The molecule has 0 fully saturated rings. The first-order valence-corrected chi connectivity index (χ1v) is 10.2. The predicted octanol–water partition coefficient (Wildman–Crippen LogP) is 3.73. The van der Waals surface area contributed by atoms with Gasteiger partial charge in [-0.05, 0) is 55.2 Å². The van der Waals surface area contributed by atoms with Crippen LogP contribution in [0.15, 0.2) is 53.5 Å². The van der Waals surface area contributed by atoms with E-state index in [9.17, 15) is 4.79 Å². The number of rotatable bonds is 10. The number of hydrogen-bond donors (Lipinski definition) is 3. The Morgan fingerprint density at radius 3 is 2.52 bits per heavy atom. The maximum Gasteiger partial charge on any atom is 0.224 e. The van der Waals surface area contributed by atoms with Gasteiger partial charge in [0, 0.05) is 25.2 Å². The number of carbonyl (C=O) groups is 1. The summed E-state index contributed by atoms with van der Waals surface area (Å²) in [4.78, 5) is 16.4. The molecule has 0 bridgehead atoms. The number of amides is 1. The molecule has 0 atom stereocenters. The van der Waals surface area contributed by atoms with Crippen molar-refractivity contribution in [3.8, 4) is 5.75 Å². The molecule has 0 aliphatic rings. The lowest BCUT2D eigenvalue weighted by atomic mass is 10.1. The Hall–Kier alpha value is -3.02. The van der Waals surface area contributed by atoms with Crippen LogP contribution < -0.4 is 20.7 Å². The summed E-state index contributed by atoms with van der Waals surface area (Å²) >= 11 is 0. The first kappa shape index (κ1) is 22.3.